The highest BCUT2D eigenvalue weighted by molar-refractivity contribution is 5.98. The number of aromatic nitrogens is 2. The zero-order valence-corrected chi connectivity index (χ0v) is 18.9. The topological polar surface area (TPSA) is 197 Å². The van der Waals surface area contributed by atoms with E-state index in [0.717, 1.165) is 0 Å². The molecular formula is C21H22N4O10. The van der Waals surface area contributed by atoms with E-state index in [-0.39, 0.29) is 36.8 Å². The number of anilines is 1. The number of H-pyrrole nitrogens is 1. The van der Waals surface area contributed by atoms with Crippen molar-refractivity contribution >= 4 is 29.0 Å². The Balaban J connectivity index is 0.000000176. The van der Waals surface area contributed by atoms with Crippen LogP contribution < -0.4 is 45.4 Å². The lowest BCUT2D eigenvalue weighted by Gasteiger charge is -2.10. The van der Waals surface area contributed by atoms with E-state index >= 15 is 0 Å². The number of ether oxygens (including phenoxy) is 7. The number of benzene rings is 2. The molecule has 2 aromatic carbocycles. The first kappa shape index (κ1) is 24.8. The molecule has 3 heterocycles. The van der Waals surface area contributed by atoms with Gasteiger partial charge in [-0.3, -0.25) is 9.59 Å². The monoisotopic (exact) mass is 490 g/mol. The van der Waals surface area contributed by atoms with E-state index in [1.807, 2.05) is 0 Å². The number of rotatable bonds is 3. The van der Waals surface area contributed by atoms with E-state index in [0.29, 0.717) is 45.4 Å². The third-order valence-corrected chi connectivity index (χ3v) is 4.71. The second-order valence-electron chi connectivity index (χ2n) is 6.50. The Kier molecular flexibility index (Phi) is 7.66. The first-order valence-corrected chi connectivity index (χ1v) is 9.75. The lowest BCUT2D eigenvalue weighted by Crippen LogP contribution is -2.06. The smallest absolute Gasteiger partial charge is 0.340 e. The van der Waals surface area contributed by atoms with Crippen LogP contribution in [-0.2, 0) is 9.53 Å². The first-order chi connectivity index (χ1) is 16.9. The molecule has 14 heteroatoms. The van der Waals surface area contributed by atoms with Gasteiger partial charge in [-0.2, -0.15) is 0 Å². The lowest BCUT2D eigenvalue weighted by atomic mass is 10.1. The Morgan fingerprint density at radius 1 is 1.00 bits per heavy atom. The zero-order chi connectivity index (χ0) is 25.5. The molecule has 1 aromatic heterocycles. The third-order valence-electron chi connectivity index (χ3n) is 4.71. The lowest BCUT2D eigenvalue weighted by molar-refractivity contribution is -0.106. The van der Waals surface area contributed by atoms with Crippen LogP contribution in [0.1, 0.15) is 10.4 Å². The number of esters is 1. The number of nitrogen functional groups attached to an aromatic ring is 1. The maximum absolute atomic E-state index is 11.6. The van der Waals surface area contributed by atoms with Crippen LogP contribution in [0.3, 0.4) is 0 Å². The van der Waals surface area contributed by atoms with E-state index in [1.54, 1.807) is 6.07 Å². The summed E-state index contributed by atoms with van der Waals surface area (Å²) >= 11 is 0. The number of nitrogens with zero attached hydrogens (tertiary/aromatic N) is 1. The molecule has 3 aromatic rings. The van der Waals surface area contributed by atoms with Gasteiger partial charge >= 0.3 is 5.97 Å². The Bertz CT molecular complexity index is 1310. The van der Waals surface area contributed by atoms with Gasteiger partial charge in [-0.15, -0.1) is 0 Å². The third kappa shape index (κ3) is 4.75. The summed E-state index contributed by atoms with van der Waals surface area (Å²) in [6, 6.07) is 3.06. The molecule has 0 radical (unpaired) electrons. The van der Waals surface area contributed by atoms with Gasteiger partial charge in [0.05, 0.1) is 44.3 Å². The molecule has 0 unspecified atom stereocenters. The molecule has 1 amide bonds. The number of amides is 1. The minimum Gasteiger partial charge on any atom is -0.493 e. The normalized spacial score (nSPS) is 12.0. The molecular weight excluding hydrogens is 468 g/mol. The predicted octanol–water partition coefficient (Wildman–Crippen LogP) is 0.555. The minimum atomic E-state index is -0.547. The second-order valence-corrected chi connectivity index (χ2v) is 6.50. The molecule has 0 saturated carbocycles. The molecule has 0 spiro atoms. The van der Waals surface area contributed by atoms with Crippen LogP contribution in [0.4, 0.5) is 5.69 Å². The molecule has 35 heavy (non-hydrogen) atoms. The average molecular weight is 490 g/mol. The summed E-state index contributed by atoms with van der Waals surface area (Å²) in [5.74, 6) is 2.00. The number of nitrogens with two attached hydrogens (primary N) is 2. The van der Waals surface area contributed by atoms with Crippen LogP contribution in [0.2, 0.25) is 0 Å². The van der Waals surface area contributed by atoms with Crippen LogP contribution in [0, 0.1) is 0 Å². The fourth-order valence-corrected chi connectivity index (χ4v) is 3.20. The van der Waals surface area contributed by atoms with Crippen molar-refractivity contribution in [3.63, 3.8) is 0 Å². The molecule has 0 aliphatic carbocycles. The molecule has 5 rings (SSSR count). The standard InChI is InChI=1S/C10H8N2O4.C10H11NO5.CH3NO/c1-14-6-2-5-7(11-3-12-10(5)13)9-8(6)15-4-16-9;1-13-6-3-5(10(12)14-2)7(11)9-8(6)15-4-16-9;2-1-3/h2-3H,4H2,1H3,(H,11,12,13);3H,4,11H2,1-2H3;1H,(H2,2,3). The SMILES string of the molecule is COC(=O)c1cc(OC)c2c(c1N)OCO2.COc1cc2c(=O)[nH]cnc2c2c1OCO2.NC=O. The number of primary amides is 1. The second kappa shape index (κ2) is 10.8. The highest BCUT2D eigenvalue weighted by Crippen LogP contribution is 2.47. The number of hydrogen-bond acceptors (Lipinski definition) is 12. The van der Waals surface area contributed by atoms with Crippen LogP contribution >= 0.6 is 0 Å². The average Bonchev–Trinajstić information content (AvgIpc) is 3.56. The quantitative estimate of drug-likeness (QED) is 0.262. The van der Waals surface area contributed by atoms with Crippen molar-refractivity contribution in [2.24, 2.45) is 5.73 Å². The number of carbonyl (C=O) groups excluding carboxylic acids is 2. The molecule has 2 aliphatic rings. The largest absolute Gasteiger partial charge is 0.493 e. The van der Waals surface area contributed by atoms with Crippen molar-refractivity contribution in [2.75, 3.05) is 40.6 Å². The molecule has 14 nitrogen and oxygen atoms in total. The zero-order valence-electron chi connectivity index (χ0n) is 18.9. The molecule has 0 atom stereocenters. The van der Waals surface area contributed by atoms with E-state index in [9.17, 15) is 9.59 Å². The van der Waals surface area contributed by atoms with Crippen molar-refractivity contribution < 1.29 is 42.7 Å². The van der Waals surface area contributed by atoms with E-state index in [1.165, 1.54) is 33.7 Å². The van der Waals surface area contributed by atoms with Crippen molar-refractivity contribution in [1.29, 1.82) is 0 Å². The van der Waals surface area contributed by atoms with Gasteiger partial charge in [-0.1, -0.05) is 0 Å². The maximum atomic E-state index is 11.6. The Morgan fingerprint density at radius 3 is 2.14 bits per heavy atom. The molecule has 2 aliphatic heterocycles. The number of aromatic amines is 1. The fraction of sp³-hybridized carbons (Fsp3) is 0.238. The fourth-order valence-electron chi connectivity index (χ4n) is 3.20. The van der Waals surface area contributed by atoms with E-state index in [2.05, 4.69) is 20.4 Å². The van der Waals surface area contributed by atoms with Crippen LogP contribution in [0.5, 0.6) is 34.5 Å². The Morgan fingerprint density at radius 2 is 1.54 bits per heavy atom. The number of fused-ring (bicyclic) bond motifs is 4. The summed E-state index contributed by atoms with van der Waals surface area (Å²) in [7, 11) is 4.25. The highest BCUT2D eigenvalue weighted by Gasteiger charge is 2.27. The summed E-state index contributed by atoms with van der Waals surface area (Å²) in [6.45, 7) is 0.166. The van der Waals surface area contributed by atoms with Crippen molar-refractivity contribution in [1.82, 2.24) is 9.97 Å². The molecule has 0 saturated heterocycles. The van der Waals surface area contributed by atoms with Gasteiger partial charge in [0.2, 0.25) is 31.5 Å². The molecule has 186 valence electrons. The van der Waals surface area contributed by atoms with Gasteiger partial charge in [0.1, 0.15) is 5.52 Å². The maximum Gasteiger partial charge on any atom is 0.340 e. The highest BCUT2D eigenvalue weighted by atomic mass is 16.7. The summed E-state index contributed by atoms with van der Waals surface area (Å²) < 4.78 is 35.7. The van der Waals surface area contributed by atoms with Gasteiger partial charge in [0, 0.05) is 6.07 Å². The van der Waals surface area contributed by atoms with Crippen LogP contribution in [0.25, 0.3) is 10.9 Å². The number of methoxy groups -OCH3 is 3. The van der Waals surface area contributed by atoms with Gasteiger partial charge in [0.25, 0.3) is 5.56 Å². The molecule has 5 N–H and O–H groups in total. The van der Waals surface area contributed by atoms with Gasteiger partial charge in [-0.25, -0.2) is 9.78 Å². The molecule has 0 bridgehead atoms. The number of nitrogens with one attached hydrogen (secondary N) is 1. The minimum absolute atomic E-state index is 0.0561. The number of carbonyl (C=O) groups is 2. The summed E-state index contributed by atoms with van der Waals surface area (Å²) in [6.07, 6.45) is 1.58. The van der Waals surface area contributed by atoms with E-state index in [4.69, 9.17) is 38.9 Å². The van der Waals surface area contributed by atoms with Gasteiger partial charge in [-0.05, 0) is 6.07 Å². The van der Waals surface area contributed by atoms with Crippen molar-refractivity contribution in [3.8, 4) is 34.5 Å². The summed E-state index contributed by atoms with van der Waals surface area (Å²) in [4.78, 5) is 38.2. The first-order valence-electron chi connectivity index (χ1n) is 9.75. The van der Waals surface area contributed by atoms with E-state index < -0.39 is 5.97 Å². The van der Waals surface area contributed by atoms with Gasteiger partial charge in [0.15, 0.2) is 23.0 Å². The summed E-state index contributed by atoms with van der Waals surface area (Å²) in [5, 5.41) is 0.420. The van der Waals surface area contributed by atoms with Gasteiger partial charge < -0.3 is 49.6 Å². The Hall–Kier alpha value is -4.88. The van der Waals surface area contributed by atoms with Crippen LogP contribution in [-0.4, -0.2) is 57.3 Å². The molecule has 0 fully saturated rings. The van der Waals surface area contributed by atoms with Crippen molar-refractivity contribution in [3.05, 3.63) is 34.4 Å². The number of hydrogen-bond donors (Lipinski definition) is 3. The van der Waals surface area contributed by atoms with Crippen molar-refractivity contribution in [2.45, 2.75) is 0 Å². The van der Waals surface area contributed by atoms with Crippen LogP contribution in [0.15, 0.2) is 23.3 Å². The predicted molar refractivity (Wildman–Crippen MR) is 120 cm³/mol. The summed E-state index contributed by atoms with van der Waals surface area (Å²) in [5.41, 5.74) is 10.6. The Labute approximate surface area is 197 Å².